The predicted molar refractivity (Wildman–Crippen MR) is 97.7 cm³/mol. The molecule has 0 saturated heterocycles. The van der Waals surface area contributed by atoms with E-state index >= 15 is 0 Å². The summed E-state index contributed by atoms with van der Waals surface area (Å²) in [7, 11) is 0. The second-order valence-electron chi connectivity index (χ2n) is 5.79. The molecule has 0 saturated carbocycles. The number of amides is 2. The van der Waals surface area contributed by atoms with Gasteiger partial charge in [0, 0.05) is 11.8 Å². The molecule has 2 aromatic rings. The SMILES string of the molecule is CC1=NN(c2ccccc2)C(=O)[C@H]1/C=N\NC(=O)c1ccc(C)cc1. The summed E-state index contributed by atoms with van der Waals surface area (Å²) >= 11 is 0. The van der Waals surface area contributed by atoms with Crippen LogP contribution in [0.2, 0.25) is 0 Å². The molecule has 0 radical (unpaired) electrons. The third kappa shape index (κ3) is 3.63. The molecule has 0 aliphatic carbocycles. The number of rotatable bonds is 4. The lowest BCUT2D eigenvalue weighted by Crippen LogP contribution is -2.29. The lowest BCUT2D eigenvalue weighted by molar-refractivity contribution is -0.118. The largest absolute Gasteiger partial charge is 0.271 e. The second kappa shape index (κ2) is 7.09. The van der Waals surface area contributed by atoms with E-state index in [1.165, 1.54) is 11.2 Å². The fourth-order valence-electron chi connectivity index (χ4n) is 2.45. The summed E-state index contributed by atoms with van der Waals surface area (Å²) in [6.07, 6.45) is 1.41. The number of hydrazone groups is 2. The lowest BCUT2D eigenvalue weighted by Gasteiger charge is -2.12. The number of nitrogens with zero attached hydrogens (tertiary/aromatic N) is 3. The van der Waals surface area contributed by atoms with E-state index in [2.05, 4.69) is 15.6 Å². The van der Waals surface area contributed by atoms with E-state index in [9.17, 15) is 9.59 Å². The maximum atomic E-state index is 12.5. The van der Waals surface area contributed by atoms with Gasteiger partial charge in [0.05, 0.1) is 11.4 Å². The molecule has 6 heteroatoms. The Balaban J connectivity index is 1.66. The average molecular weight is 334 g/mol. The van der Waals surface area contributed by atoms with Crippen LogP contribution in [0.15, 0.2) is 64.8 Å². The van der Waals surface area contributed by atoms with Crippen LogP contribution in [0.1, 0.15) is 22.8 Å². The van der Waals surface area contributed by atoms with Gasteiger partial charge in [-0.2, -0.15) is 15.2 Å². The van der Waals surface area contributed by atoms with E-state index in [-0.39, 0.29) is 11.8 Å². The molecule has 6 nitrogen and oxygen atoms in total. The van der Waals surface area contributed by atoms with Gasteiger partial charge < -0.3 is 0 Å². The Kier molecular flexibility index (Phi) is 4.70. The Morgan fingerprint density at radius 1 is 1.12 bits per heavy atom. The molecule has 1 atom stereocenters. The van der Waals surface area contributed by atoms with Crippen molar-refractivity contribution in [1.29, 1.82) is 0 Å². The molecule has 1 heterocycles. The van der Waals surface area contributed by atoms with Gasteiger partial charge in [-0.25, -0.2) is 5.43 Å². The van der Waals surface area contributed by atoms with Gasteiger partial charge in [-0.1, -0.05) is 35.9 Å². The van der Waals surface area contributed by atoms with Crippen molar-refractivity contribution in [3.05, 3.63) is 65.7 Å². The van der Waals surface area contributed by atoms with Crippen LogP contribution in [-0.4, -0.2) is 23.7 Å². The van der Waals surface area contributed by atoms with Crippen molar-refractivity contribution < 1.29 is 9.59 Å². The van der Waals surface area contributed by atoms with Crippen molar-refractivity contribution in [2.75, 3.05) is 5.01 Å². The fourth-order valence-corrected chi connectivity index (χ4v) is 2.45. The summed E-state index contributed by atoms with van der Waals surface area (Å²) in [5, 5.41) is 9.57. The van der Waals surface area contributed by atoms with Crippen LogP contribution in [0, 0.1) is 12.8 Å². The molecule has 3 rings (SSSR count). The molecule has 25 heavy (non-hydrogen) atoms. The van der Waals surface area contributed by atoms with Gasteiger partial charge in [-0.3, -0.25) is 9.59 Å². The van der Waals surface area contributed by atoms with Gasteiger partial charge in [0.1, 0.15) is 5.92 Å². The molecule has 0 unspecified atom stereocenters. The number of benzene rings is 2. The molecule has 0 fully saturated rings. The number of aryl methyl sites for hydroxylation is 1. The summed E-state index contributed by atoms with van der Waals surface area (Å²) < 4.78 is 0. The van der Waals surface area contributed by atoms with Crippen molar-refractivity contribution in [3.63, 3.8) is 0 Å². The van der Waals surface area contributed by atoms with Crippen LogP contribution in [0.3, 0.4) is 0 Å². The van der Waals surface area contributed by atoms with Gasteiger partial charge in [-0.05, 0) is 38.1 Å². The maximum Gasteiger partial charge on any atom is 0.271 e. The molecule has 2 aromatic carbocycles. The topological polar surface area (TPSA) is 74.1 Å². The van der Waals surface area contributed by atoms with Gasteiger partial charge in [0.25, 0.3) is 11.8 Å². The highest BCUT2D eigenvalue weighted by Crippen LogP contribution is 2.22. The van der Waals surface area contributed by atoms with Crippen LogP contribution >= 0.6 is 0 Å². The summed E-state index contributed by atoms with van der Waals surface area (Å²) in [5.41, 5.74) is 5.36. The van der Waals surface area contributed by atoms with Crippen molar-refractivity contribution in [1.82, 2.24) is 5.43 Å². The predicted octanol–water partition coefficient (Wildman–Crippen LogP) is 2.75. The highest BCUT2D eigenvalue weighted by atomic mass is 16.2. The lowest BCUT2D eigenvalue weighted by atomic mass is 10.1. The number of carbonyl (C=O) groups is 2. The molecule has 1 aliphatic heterocycles. The number of para-hydroxylation sites is 1. The van der Waals surface area contributed by atoms with Crippen molar-refractivity contribution >= 4 is 29.4 Å². The summed E-state index contributed by atoms with van der Waals surface area (Å²) in [6, 6.07) is 16.4. The molecule has 0 spiro atoms. The van der Waals surface area contributed by atoms with Crippen LogP contribution in [-0.2, 0) is 4.79 Å². The van der Waals surface area contributed by atoms with Gasteiger partial charge >= 0.3 is 0 Å². The van der Waals surface area contributed by atoms with Gasteiger partial charge in [0.2, 0.25) is 0 Å². The highest BCUT2D eigenvalue weighted by molar-refractivity contribution is 6.23. The smallest absolute Gasteiger partial charge is 0.271 e. The zero-order valence-corrected chi connectivity index (χ0v) is 14.0. The molecule has 2 amide bonds. The molecule has 126 valence electrons. The van der Waals surface area contributed by atoms with Crippen LogP contribution in [0.5, 0.6) is 0 Å². The number of hydrogen-bond acceptors (Lipinski definition) is 4. The first-order valence-electron chi connectivity index (χ1n) is 7.90. The van der Waals surface area contributed by atoms with Crippen molar-refractivity contribution in [3.8, 4) is 0 Å². The molecule has 1 aliphatic rings. The number of hydrogen-bond donors (Lipinski definition) is 1. The Morgan fingerprint density at radius 2 is 1.80 bits per heavy atom. The third-order valence-corrected chi connectivity index (χ3v) is 3.89. The Hall–Kier alpha value is -3.28. The second-order valence-corrected chi connectivity index (χ2v) is 5.79. The molecule has 1 N–H and O–H groups in total. The minimum absolute atomic E-state index is 0.197. The van der Waals surface area contributed by atoms with E-state index in [0.717, 1.165) is 5.56 Å². The number of anilines is 1. The molecular weight excluding hydrogens is 316 g/mol. The first kappa shape index (κ1) is 16.6. The average Bonchev–Trinajstić information content (AvgIpc) is 2.91. The van der Waals surface area contributed by atoms with Crippen LogP contribution in [0.4, 0.5) is 5.69 Å². The fraction of sp³-hybridized carbons (Fsp3) is 0.158. The Labute approximate surface area is 145 Å². The first-order chi connectivity index (χ1) is 12.1. The van der Waals surface area contributed by atoms with E-state index < -0.39 is 5.92 Å². The minimum Gasteiger partial charge on any atom is -0.271 e. The number of carbonyl (C=O) groups excluding carboxylic acids is 2. The molecule has 0 aromatic heterocycles. The van der Waals surface area contributed by atoms with Crippen LogP contribution < -0.4 is 10.4 Å². The monoisotopic (exact) mass is 334 g/mol. The van der Waals surface area contributed by atoms with Gasteiger partial charge in [-0.15, -0.1) is 0 Å². The Bertz CT molecular complexity index is 841. The molecular formula is C19H18N4O2. The standard InChI is InChI=1S/C19H18N4O2/c1-13-8-10-15(11-9-13)18(24)21-20-12-17-14(2)22-23(19(17)25)16-6-4-3-5-7-16/h3-12,17H,1-2H3,(H,21,24)/b20-12-/t17-/m0/s1. The zero-order chi connectivity index (χ0) is 17.8. The molecule has 0 bridgehead atoms. The van der Waals surface area contributed by atoms with Crippen molar-refractivity contribution in [2.24, 2.45) is 16.1 Å². The summed E-state index contributed by atoms with van der Waals surface area (Å²) in [4.78, 5) is 24.5. The maximum absolute atomic E-state index is 12.5. The normalized spacial score (nSPS) is 17.0. The summed E-state index contributed by atoms with van der Waals surface area (Å²) in [5.74, 6) is -1.10. The van der Waals surface area contributed by atoms with E-state index in [4.69, 9.17) is 0 Å². The van der Waals surface area contributed by atoms with Crippen molar-refractivity contribution in [2.45, 2.75) is 13.8 Å². The highest BCUT2D eigenvalue weighted by Gasteiger charge is 2.33. The quantitative estimate of drug-likeness (QED) is 0.689. The zero-order valence-electron chi connectivity index (χ0n) is 14.0. The summed E-state index contributed by atoms with van der Waals surface area (Å²) in [6.45, 7) is 3.71. The van der Waals surface area contributed by atoms with E-state index in [1.807, 2.05) is 49.4 Å². The van der Waals surface area contributed by atoms with E-state index in [0.29, 0.717) is 17.0 Å². The van der Waals surface area contributed by atoms with E-state index in [1.54, 1.807) is 19.1 Å². The Morgan fingerprint density at radius 3 is 2.48 bits per heavy atom. The first-order valence-corrected chi connectivity index (χ1v) is 7.90. The number of nitrogens with one attached hydrogen (secondary N) is 1. The van der Waals surface area contributed by atoms with Crippen LogP contribution in [0.25, 0.3) is 0 Å². The third-order valence-electron chi connectivity index (χ3n) is 3.89. The minimum atomic E-state index is -0.585. The van der Waals surface area contributed by atoms with Gasteiger partial charge in [0.15, 0.2) is 0 Å².